The third-order valence-electron chi connectivity index (χ3n) is 3.06. The van der Waals surface area contributed by atoms with Crippen molar-refractivity contribution in [3.05, 3.63) is 0 Å². The summed E-state index contributed by atoms with van der Waals surface area (Å²) in [6.07, 6.45) is 4.47. The summed E-state index contributed by atoms with van der Waals surface area (Å²) >= 11 is 0. The molecule has 0 aromatic carbocycles. The highest BCUT2D eigenvalue weighted by atomic mass is 32.2. The second kappa shape index (κ2) is 5.27. The van der Waals surface area contributed by atoms with Crippen molar-refractivity contribution in [2.24, 2.45) is 5.73 Å². The van der Waals surface area contributed by atoms with Crippen molar-refractivity contribution in [3.8, 4) is 0 Å². The molecule has 4 nitrogen and oxygen atoms in total. The zero-order valence-corrected chi connectivity index (χ0v) is 10.5. The van der Waals surface area contributed by atoms with E-state index in [2.05, 4.69) is 0 Å². The van der Waals surface area contributed by atoms with Crippen LogP contribution in [0, 0.1) is 0 Å². The molecule has 5 heteroatoms. The highest BCUT2D eigenvalue weighted by molar-refractivity contribution is 7.89. The molecule has 15 heavy (non-hydrogen) atoms. The summed E-state index contributed by atoms with van der Waals surface area (Å²) < 4.78 is 25.5. The van der Waals surface area contributed by atoms with Gasteiger partial charge in [0.1, 0.15) is 0 Å². The van der Waals surface area contributed by atoms with E-state index < -0.39 is 10.0 Å². The first-order valence-corrected chi connectivity index (χ1v) is 7.15. The predicted octanol–water partition coefficient (Wildman–Crippen LogP) is 0.928. The molecule has 0 bridgehead atoms. The maximum absolute atomic E-state index is 12.0. The summed E-state index contributed by atoms with van der Waals surface area (Å²) in [5.74, 6) is 0. The monoisotopic (exact) mass is 234 g/mol. The Balaban J connectivity index is 2.52. The smallest absolute Gasteiger partial charge is 0.216 e. The van der Waals surface area contributed by atoms with Crippen LogP contribution in [0.25, 0.3) is 0 Å². The van der Waals surface area contributed by atoms with Crippen LogP contribution < -0.4 is 5.73 Å². The highest BCUT2D eigenvalue weighted by Crippen LogP contribution is 2.26. The van der Waals surface area contributed by atoms with Gasteiger partial charge in [-0.3, -0.25) is 0 Å². The lowest BCUT2D eigenvalue weighted by atomic mass is 10.2. The molecule has 1 unspecified atom stereocenters. The van der Waals surface area contributed by atoms with Crippen molar-refractivity contribution >= 4 is 10.0 Å². The first-order valence-electron chi connectivity index (χ1n) is 5.65. The van der Waals surface area contributed by atoms with Crippen LogP contribution in [0.15, 0.2) is 0 Å². The molecule has 0 aromatic rings. The van der Waals surface area contributed by atoms with Crippen LogP contribution in [0.1, 0.15) is 39.0 Å². The summed E-state index contributed by atoms with van der Waals surface area (Å²) in [4.78, 5) is 0. The number of nitrogens with two attached hydrogens (primary N) is 1. The molecule has 1 aliphatic carbocycles. The van der Waals surface area contributed by atoms with Crippen molar-refractivity contribution in [1.82, 2.24) is 4.31 Å². The van der Waals surface area contributed by atoms with Crippen molar-refractivity contribution in [3.63, 3.8) is 0 Å². The fraction of sp³-hybridized carbons (Fsp3) is 1.00. The third-order valence-corrected chi connectivity index (χ3v) is 5.42. The van der Waals surface area contributed by atoms with Gasteiger partial charge in [-0.15, -0.1) is 0 Å². The number of hydrogen-bond donors (Lipinski definition) is 1. The summed E-state index contributed by atoms with van der Waals surface area (Å²) in [5.41, 5.74) is 5.62. The average Bonchev–Trinajstić information content (AvgIpc) is 2.66. The number of sulfonamides is 1. The maximum atomic E-state index is 12.0. The van der Waals surface area contributed by atoms with E-state index in [-0.39, 0.29) is 11.3 Å². The summed E-state index contributed by atoms with van der Waals surface area (Å²) in [5, 5.41) is -0.143. The van der Waals surface area contributed by atoms with Gasteiger partial charge in [0.15, 0.2) is 0 Å². The van der Waals surface area contributed by atoms with Crippen molar-refractivity contribution < 1.29 is 8.42 Å². The molecule has 1 fully saturated rings. The van der Waals surface area contributed by atoms with Crippen LogP contribution in [0.5, 0.6) is 0 Å². The number of hydrogen-bond acceptors (Lipinski definition) is 3. The van der Waals surface area contributed by atoms with E-state index in [9.17, 15) is 8.42 Å². The normalized spacial score (nSPS) is 21.1. The van der Waals surface area contributed by atoms with E-state index in [1.54, 1.807) is 7.05 Å². The van der Waals surface area contributed by atoms with E-state index in [4.69, 9.17) is 5.73 Å². The van der Waals surface area contributed by atoms with Gasteiger partial charge in [0.05, 0.1) is 5.25 Å². The lowest BCUT2D eigenvalue weighted by molar-refractivity contribution is 0.437. The number of rotatable bonds is 5. The first-order chi connectivity index (χ1) is 6.94. The van der Waals surface area contributed by atoms with Crippen LogP contribution in [0.4, 0.5) is 0 Å². The molecule has 1 saturated carbocycles. The minimum atomic E-state index is -3.06. The van der Waals surface area contributed by atoms with Crippen LogP contribution in [-0.4, -0.2) is 37.6 Å². The minimum absolute atomic E-state index is 0.0613. The predicted molar refractivity (Wildman–Crippen MR) is 62.1 cm³/mol. The summed E-state index contributed by atoms with van der Waals surface area (Å²) in [6.45, 7) is 2.44. The molecule has 2 N–H and O–H groups in total. The lowest BCUT2D eigenvalue weighted by Gasteiger charge is -2.22. The standard InChI is InChI=1S/C10H22N2O2S/c1-9(11)7-8-12(2)15(13,14)10-5-3-4-6-10/h9-10H,3-8,11H2,1-2H3. The molecular formula is C10H22N2O2S. The van der Waals surface area contributed by atoms with Crippen LogP contribution in [0.3, 0.4) is 0 Å². The second-order valence-electron chi connectivity index (χ2n) is 4.54. The van der Waals surface area contributed by atoms with Crippen molar-refractivity contribution in [2.75, 3.05) is 13.6 Å². The Bertz CT molecular complexity index is 282. The van der Waals surface area contributed by atoms with Gasteiger partial charge in [-0.25, -0.2) is 12.7 Å². The van der Waals surface area contributed by atoms with E-state index in [0.717, 1.165) is 32.1 Å². The molecule has 0 aromatic heterocycles. The van der Waals surface area contributed by atoms with Gasteiger partial charge in [0.2, 0.25) is 10.0 Å². The SMILES string of the molecule is CC(N)CCN(C)S(=O)(=O)C1CCCC1. The van der Waals surface area contributed by atoms with Gasteiger partial charge in [0, 0.05) is 19.6 Å². The molecule has 0 radical (unpaired) electrons. The summed E-state index contributed by atoms with van der Waals surface area (Å²) in [6, 6.07) is 0.0613. The quantitative estimate of drug-likeness (QED) is 0.769. The molecule has 1 atom stereocenters. The van der Waals surface area contributed by atoms with Crippen LogP contribution in [-0.2, 0) is 10.0 Å². The third kappa shape index (κ3) is 3.43. The molecule has 0 spiro atoms. The van der Waals surface area contributed by atoms with Crippen molar-refractivity contribution in [1.29, 1.82) is 0 Å². The highest BCUT2D eigenvalue weighted by Gasteiger charge is 2.31. The Morgan fingerprint density at radius 2 is 1.93 bits per heavy atom. The molecule has 0 amide bonds. The van der Waals surface area contributed by atoms with E-state index in [1.807, 2.05) is 6.92 Å². The largest absolute Gasteiger partial charge is 0.328 e. The van der Waals surface area contributed by atoms with Gasteiger partial charge < -0.3 is 5.73 Å². The minimum Gasteiger partial charge on any atom is -0.328 e. The van der Waals surface area contributed by atoms with Gasteiger partial charge in [-0.2, -0.15) is 0 Å². The van der Waals surface area contributed by atoms with E-state index in [0.29, 0.717) is 6.54 Å². The van der Waals surface area contributed by atoms with Gasteiger partial charge in [-0.05, 0) is 26.2 Å². The maximum Gasteiger partial charge on any atom is 0.216 e. The molecule has 0 heterocycles. The Kier molecular flexibility index (Phi) is 4.55. The zero-order valence-electron chi connectivity index (χ0n) is 9.65. The molecule has 90 valence electrons. The Labute approximate surface area is 92.9 Å². The van der Waals surface area contributed by atoms with Gasteiger partial charge in [0.25, 0.3) is 0 Å². The first kappa shape index (κ1) is 12.9. The lowest BCUT2D eigenvalue weighted by Crippen LogP contribution is -2.37. The molecule has 0 aliphatic heterocycles. The Hall–Kier alpha value is -0.130. The fourth-order valence-corrected chi connectivity index (χ4v) is 3.75. The van der Waals surface area contributed by atoms with Gasteiger partial charge in [-0.1, -0.05) is 12.8 Å². The zero-order chi connectivity index (χ0) is 11.5. The average molecular weight is 234 g/mol. The second-order valence-corrected chi connectivity index (χ2v) is 6.86. The Morgan fingerprint density at radius 1 is 1.40 bits per heavy atom. The van der Waals surface area contributed by atoms with Crippen LogP contribution in [0.2, 0.25) is 0 Å². The number of nitrogens with zero attached hydrogens (tertiary/aromatic N) is 1. The van der Waals surface area contributed by atoms with Crippen LogP contribution >= 0.6 is 0 Å². The molecule has 0 saturated heterocycles. The topological polar surface area (TPSA) is 63.4 Å². The molecular weight excluding hydrogens is 212 g/mol. The van der Waals surface area contributed by atoms with E-state index in [1.165, 1.54) is 4.31 Å². The molecule has 1 rings (SSSR count). The summed E-state index contributed by atoms with van der Waals surface area (Å²) in [7, 11) is -1.39. The van der Waals surface area contributed by atoms with Crippen molar-refractivity contribution in [2.45, 2.75) is 50.3 Å². The van der Waals surface area contributed by atoms with Gasteiger partial charge >= 0.3 is 0 Å². The molecule has 1 aliphatic rings. The Morgan fingerprint density at radius 3 is 2.40 bits per heavy atom. The van der Waals surface area contributed by atoms with E-state index >= 15 is 0 Å². The fourth-order valence-electron chi connectivity index (χ4n) is 1.95.